The number of carbonyl (C=O) groups is 1. The largest absolute Gasteiger partial charge is 0.353 e. The van der Waals surface area contributed by atoms with Gasteiger partial charge >= 0.3 is 0 Å². The molecule has 5 nitrogen and oxygen atoms in total. The van der Waals surface area contributed by atoms with Gasteiger partial charge in [0.05, 0.1) is 11.7 Å². The Bertz CT molecular complexity index is 741. The van der Waals surface area contributed by atoms with Crippen molar-refractivity contribution in [3.8, 4) is 0 Å². The number of carbonyl (C=O) groups excluding carboxylic acids is 1. The van der Waals surface area contributed by atoms with Crippen molar-refractivity contribution < 1.29 is 4.79 Å². The van der Waals surface area contributed by atoms with Gasteiger partial charge in [0.15, 0.2) is 5.16 Å². The van der Waals surface area contributed by atoms with Crippen molar-refractivity contribution in [1.29, 1.82) is 0 Å². The van der Waals surface area contributed by atoms with Gasteiger partial charge in [0.25, 0.3) is 5.56 Å². The third-order valence-electron chi connectivity index (χ3n) is 5.47. The van der Waals surface area contributed by atoms with Crippen LogP contribution < -0.4 is 10.9 Å². The molecule has 1 aliphatic heterocycles. The molecule has 6 heteroatoms. The summed E-state index contributed by atoms with van der Waals surface area (Å²) in [5.41, 5.74) is 1.07. The molecule has 0 aromatic carbocycles. The highest BCUT2D eigenvalue weighted by atomic mass is 32.2. The predicted octanol–water partition coefficient (Wildman–Crippen LogP) is 3.73. The molecule has 3 rings (SSSR count). The SMILES string of the molecule is CC(C)c1cc(=O)n2c(n1)SC[C@H]2CC(=O)N[C@@H]1C[C@@H](C)CC(C)(C)C1. The van der Waals surface area contributed by atoms with Gasteiger partial charge in [-0.2, -0.15) is 0 Å². The van der Waals surface area contributed by atoms with Gasteiger partial charge in [0, 0.05) is 24.3 Å². The van der Waals surface area contributed by atoms with E-state index in [-0.39, 0.29) is 34.9 Å². The molecule has 1 fully saturated rings. The van der Waals surface area contributed by atoms with E-state index >= 15 is 0 Å². The third-order valence-corrected chi connectivity index (χ3v) is 6.57. The highest BCUT2D eigenvalue weighted by Gasteiger charge is 2.34. The molecule has 26 heavy (non-hydrogen) atoms. The first-order chi connectivity index (χ1) is 12.1. The van der Waals surface area contributed by atoms with Crippen molar-refractivity contribution in [3.05, 3.63) is 22.1 Å². The van der Waals surface area contributed by atoms with Gasteiger partial charge in [-0.15, -0.1) is 0 Å². The lowest BCUT2D eigenvalue weighted by atomic mass is 9.70. The molecule has 0 saturated heterocycles. The first-order valence-corrected chi connectivity index (χ1v) is 10.7. The summed E-state index contributed by atoms with van der Waals surface area (Å²) >= 11 is 1.58. The summed E-state index contributed by atoms with van der Waals surface area (Å²) < 4.78 is 1.71. The van der Waals surface area contributed by atoms with Crippen LogP contribution in [0.25, 0.3) is 0 Å². The van der Waals surface area contributed by atoms with Crippen LogP contribution in [-0.4, -0.2) is 27.3 Å². The maximum absolute atomic E-state index is 12.6. The molecule has 0 radical (unpaired) electrons. The first-order valence-electron chi connectivity index (χ1n) is 9.70. The summed E-state index contributed by atoms with van der Waals surface area (Å²) in [4.78, 5) is 29.8. The molecule has 1 aromatic rings. The van der Waals surface area contributed by atoms with Crippen molar-refractivity contribution in [3.63, 3.8) is 0 Å². The molecular formula is C20H31N3O2S. The summed E-state index contributed by atoms with van der Waals surface area (Å²) in [5.74, 6) is 1.66. The van der Waals surface area contributed by atoms with Crippen molar-refractivity contribution >= 4 is 17.7 Å². The lowest BCUT2D eigenvalue weighted by Gasteiger charge is -2.39. The molecule has 1 saturated carbocycles. The molecule has 144 valence electrons. The summed E-state index contributed by atoms with van der Waals surface area (Å²) in [6.45, 7) is 10.9. The Kier molecular flexibility index (Phi) is 5.52. The Labute approximate surface area is 160 Å². The van der Waals surface area contributed by atoms with Crippen LogP contribution >= 0.6 is 11.8 Å². The second kappa shape index (κ2) is 7.37. The minimum atomic E-state index is -0.0924. The highest BCUT2D eigenvalue weighted by Crippen LogP contribution is 2.39. The quantitative estimate of drug-likeness (QED) is 0.812. The summed E-state index contributed by atoms with van der Waals surface area (Å²) in [5, 5.41) is 3.98. The van der Waals surface area contributed by atoms with E-state index < -0.39 is 0 Å². The van der Waals surface area contributed by atoms with Crippen LogP contribution in [0.15, 0.2) is 16.0 Å². The average molecular weight is 378 g/mol. The number of nitrogens with one attached hydrogen (secondary N) is 1. The van der Waals surface area contributed by atoms with E-state index in [9.17, 15) is 9.59 Å². The van der Waals surface area contributed by atoms with Crippen LogP contribution in [0.3, 0.4) is 0 Å². The number of hydrogen-bond donors (Lipinski definition) is 1. The molecule has 1 amide bonds. The topological polar surface area (TPSA) is 64.0 Å². The minimum absolute atomic E-state index is 0.0334. The molecule has 3 atom stereocenters. The Morgan fingerprint density at radius 1 is 1.42 bits per heavy atom. The van der Waals surface area contributed by atoms with Crippen LogP contribution in [0.1, 0.15) is 78.0 Å². The number of amides is 1. The predicted molar refractivity (Wildman–Crippen MR) is 106 cm³/mol. The first kappa shape index (κ1) is 19.5. The molecule has 1 aromatic heterocycles. The van der Waals surface area contributed by atoms with E-state index in [1.165, 1.54) is 6.42 Å². The van der Waals surface area contributed by atoms with E-state index in [4.69, 9.17) is 0 Å². The molecule has 2 heterocycles. The van der Waals surface area contributed by atoms with Crippen LogP contribution in [-0.2, 0) is 4.79 Å². The molecular weight excluding hydrogens is 346 g/mol. The van der Waals surface area contributed by atoms with Gasteiger partial charge < -0.3 is 5.32 Å². The molecule has 0 unspecified atom stereocenters. The van der Waals surface area contributed by atoms with Gasteiger partial charge in [-0.3, -0.25) is 14.2 Å². The second-order valence-corrected chi connectivity index (χ2v) is 10.2. The fourth-order valence-electron chi connectivity index (χ4n) is 4.57. The maximum Gasteiger partial charge on any atom is 0.254 e. The van der Waals surface area contributed by atoms with E-state index in [2.05, 4.69) is 31.1 Å². The maximum atomic E-state index is 12.6. The third kappa shape index (κ3) is 4.33. The van der Waals surface area contributed by atoms with Gasteiger partial charge in [-0.25, -0.2) is 4.98 Å². The number of hydrogen-bond acceptors (Lipinski definition) is 4. The average Bonchev–Trinajstić information content (AvgIpc) is 2.88. The summed E-state index contributed by atoms with van der Waals surface area (Å²) in [6.07, 6.45) is 3.64. The Hall–Kier alpha value is -1.30. The number of thioether (sulfide) groups is 1. The number of nitrogens with zero attached hydrogens (tertiary/aromatic N) is 2. The molecule has 0 spiro atoms. The van der Waals surface area contributed by atoms with Crippen molar-refractivity contribution in [1.82, 2.24) is 14.9 Å². The molecule has 1 aliphatic carbocycles. The highest BCUT2D eigenvalue weighted by molar-refractivity contribution is 7.99. The Morgan fingerprint density at radius 3 is 2.81 bits per heavy atom. The number of fused-ring (bicyclic) bond motifs is 1. The second-order valence-electron chi connectivity index (χ2n) is 9.17. The molecule has 1 N–H and O–H groups in total. The van der Waals surface area contributed by atoms with E-state index in [0.717, 1.165) is 29.4 Å². The van der Waals surface area contributed by atoms with Crippen LogP contribution in [0.5, 0.6) is 0 Å². The smallest absolute Gasteiger partial charge is 0.254 e. The minimum Gasteiger partial charge on any atom is -0.353 e. The van der Waals surface area contributed by atoms with Gasteiger partial charge in [0.1, 0.15) is 0 Å². The zero-order valence-electron chi connectivity index (χ0n) is 16.5. The lowest BCUT2D eigenvalue weighted by molar-refractivity contribution is -0.123. The van der Waals surface area contributed by atoms with Crippen molar-refractivity contribution in [2.45, 2.75) is 83.5 Å². The molecule has 2 aliphatic rings. The molecule has 0 bridgehead atoms. The Balaban J connectivity index is 1.66. The monoisotopic (exact) mass is 377 g/mol. The van der Waals surface area contributed by atoms with Crippen molar-refractivity contribution in [2.75, 3.05) is 5.75 Å². The van der Waals surface area contributed by atoms with Gasteiger partial charge in [-0.1, -0.05) is 46.4 Å². The Morgan fingerprint density at radius 2 is 2.15 bits per heavy atom. The van der Waals surface area contributed by atoms with Crippen molar-refractivity contribution in [2.24, 2.45) is 11.3 Å². The van der Waals surface area contributed by atoms with Gasteiger partial charge in [-0.05, 0) is 36.5 Å². The van der Waals surface area contributed by atoms with Crippen LogP contribution in [0.4, 0.5) is 0 Å². The van der Waals surface area contributed by atoms with E-state index in [1.54, 1.807) is 22.4 Å². The lowest BCUT2D eigenvalue weighted by Crippen LogP contribution is -2.43. The summed E-state index contributed by atoms with van der Waals surface area (Å²) in [6, 6.07) is 1.77. The van der Waals surface area contributed by atoms with Crippen LogP contribution in [0.2, 0.25) is 0 Å². The standard InChI is InChI=1S/C20H31N3O2S/c1-12(2)16-8-18(25)23-15(11-26-19(23)22-16)7-17(24)21-14-6-13(3)9-20(4,5)10-14/h8,12-15H,6-7,9-11H2,1-5H3,(H,21,24)/t13-,14-,15-/m1/s1. The van der Waals surface area contributed by atoms with Gasteiger partial charge in [0.2, 0.25) is 5.91 Å². The fraction of sp³-hybridized carbons (Fsp3) is 0.750. The number of aromatic nitrogens is 2. The normalized spacial score (nSPS) is 27.4. The van der Waals surface area contributed by atoms with E-state index in [1.807, 2.05) is 13.8 Å². The zero-order chi connectivity index (χ0) is 19.1. The zero-order valence-corrected chi connectivity index (χ0v) is 17.4. The van der Waals surface area contributed by atoms with E-state index in [0.29, 0.717) is 12.3 Å². The summed E-state index contributed by atoms with van der Waals surface area (Å²) in [7, 11) is 0. The number of rotatable bonds is 4. The fourth-order valence-corrected chi connectivity index (χ4v) is 5.73. The van der Waals surface area contributed by atoms with Crippen LogP contribution in [0, 0.1) is 11.3 Å².